The Labute approximate surface area is 135 Å². The van der Waals surface area contributed by atoms with Crippen LogP contribution in [0.5, 0.6) is 0 Å². The van der Waals surface area contributed by atoms with Crippen molar-refractivity contribution in [3.8, 4) is 0 Å². The average Bonchev–Trinajstić information content (AvgIpc) is 2.73. The lowest BCUT2D eigenvalue weighted by atomic mass is 10.1. The van der Waals surface area contributed by atoms with Crippen LogP contribution in [0.15, 0.2) is 0 Å². The first-order valence-electron chi connectivity index (χ1n) is 7.74. The maximum absolute atomic E-state index is 12.5. The molecule has 9 heteroatoms. The van der Waals surface area contributed by atoms with Crippen molar-refractivity contribution in [2.75, 3.05) is 18.0 Å². The molecule has 1 heterocycles. The maximum Gasteiger partial charge on any atom is 0.326 e. The van der Waals surface area contributed by atoms with Crippen molar-refractivity contribution >= 4 is 39.4 Å². The number of carboxylic acids is 2. The third-order valence-corrected chi connectivity index (χ3v) is 5.37. The Morgan fingerprint density at radius 2 is 2.05 bits per heavy atom. The van der Waals surface area contributed by atoms with E-state index < -0.39 is 42.3 Å². The fourth-order valence-corrected chi connectivity index (χ4v) is 4.00. The van der Waals surface area contributed by atoms with E-state index in [4.69, 9.17) is 15.0 Å². The van der Waals surface area contributed by atoms with Crippen LogP contribution < -0.4 is 5.73 Å². The summed E-state index contributed by atoms with van der Waals surface area (Å²) < 4.78 is 23.6. The summed E-state index contributed by atoms with van der Waals surface area (Å²) in [5.74, 6) is -3.79. The van der Waals surface area contributed by atoms with E-state index in [1.807, 2.05) is 0 Å². The van der Waals surface area contributed by atoms with Crippen LogP contribution in [-0.2, 0) is 14.4 Å². The van der Waals surface area contributed by atoms with E-state index in [1.165, 1.54) is 28.5 Å². The number of rotatable bonds is 8. The van der Waals surface area contributed by atoms with Crippen molar-refractivity contribution in [1.82, 2.24) is 4.90 Å². The fraction of sp³-hybridized carbons (Fsp3) is 0.750. The Morgan fingerprint density at radius 3 is 2.62 bits per heavy atom. The van der Waals surface area contributed by atoms with Crippen LogP contribution in [0.25, 0.3) is 0 Å². The van der Waals surface area contributed by atoms with Gasteiger partial charge in [-0.15, -0.1) is 0 Å². The van der Waals surface area contributed by atoms with Gasteiger partial charge in [0, 0.05) is 26.7 Å². The van der Waals surface area contributed by atoms with Gasteiger partial charge in [0.15, 0.2) is 0 Å². The first-order valence-corrected chi connectivity index (χ1v) is 8.72. The summed E-state index contributed by atoms with van der Waals surface area (Å²) >= 11 is 0. The molecule has 0 bridgehead atoms. The molecule has 0 unspecified atom stereocenters. The van der Waals surface area contributed by atoms with Crippen molar-refractivity contribution in [1.29, 1.82) is 0 Å². The van der Waals surface area contributed by atoms with Gasteiger partial charge in [0.2, 0.25) is 5.91 Å². The van der Waals surface area contributed by atoms with Crippen LogP contribution >= 0.6 is 21.6 Å². The molecule has 0 spiro atoms. The van der Waals surface area contributed by atoms with Crippen molar-refractivity contribution in [2.45, 2.75) is 31.8 Å². The summed E-state index contributed by atoms with van der Waals surface area (Å²) in [5.41, 5.74) is 5.35. The van der Waals surface area contributed by atoms with Crippen molar-refractivity contribution in [2.24, 2.45) is 11.7 Å². The highest BCUT2D eigenvalue weighted by Crippen LogP contribution is 2.27. The average molecular weight is 339 g/mol. The number of likely N-dealkylation sites (tertiary alicyclic amines) is 1. The molecule has 1 amide bonds. The molecule has 3 atom stereocenters. The summed E-state index contributed by atoms with van der Waals surface area (Å²) in [6.07, 6.45) is -0.486. The topological polar surface area (TPSA) is 121 Å². The van der Waals surface area contributed by atoms with E-state index in [1.54, 1.807) is 0 Å². The molecule has 120 valence electrons. The molecule has 0 aromatic heterocycles. The molecule has 1 aliphatic rings. The number of amides is 1. The summed E-state index contributed by atoms with van der Waals surface area (Å²) in [5, 5.41) is 17.9. The first kappa shape index (κ1) is 13.7. The number of aliphatic carboxylic acids is 2. The summed E-state index contributed by atoms with van der Waals surface area (Å²) in [4.78, 5) is 34.9. The van der Waals surface area contributed by atoms with Gasteiger partial charge in [-0.1, -0.05) is 28.5 Å². The minimum Gasteiger partial charge on any atom is -0.480 e. The monoisotopic (exact) mass is 339 g/mol. The molecular formula is C12H20N2O5S2. The lowest BCUT2D eigenvalue weighted by Gasteiger charge is -2.24. The van der Waals surface area contributed by atoms with Gasteiger partial charge in [0.05, 0.1) is 1.37 Å². The van der Waals surface area contributed by atoms with Crippen LogP contribution in [0.1, 0.15) is 23.9 Å². The largest absolute Gasteiger partial charge is 0.480 e. The van der Waals surface area contributed by atoms with Gasteiger partial charge in [-0.05, 0) is 12.8 Å². The molecule has 1 fully saturated rings. The Bertz CT molecular complexity index is 525. The minimum atomic E-state index is -2.31. The first-order chi connectivity index (χ1) is 10.9. The zero-order valence-corrected chi connectivity index (χ0v) is 13.1. The van der Waals surface area contributed by atoms with Crippen LogP contribution in [0.4, 0.5) is 0 Å². The van der Waals surface area contributed by atoms with E-state index in [-0.39, 0.29) is 24.3 Å². The zero-order valence-electron chi connectivity index (χ0n) is 14.4. The van der Waals surface area contributed by atoms with Crippen LogP contribution in [0.3, 0.4) is 0 Å². The normalized spacial score (nSPS) is 29.0. The highest BCUT2D eigenvalue weighted by atomic mass is 33.1. The van der Waals surface area contributed by atoms with E-state index in [2.05, 4.69) is 0 Å². The Hall–Kier alpha value is -0.930. The second-order valence-corrected chi connectivity index (χ2v) is 7.05. The SMILES string of the molecule is [2H]C1([2H])CC[C@@]([2H])(C(=O)O)N1C(=O)[C@H](C)CSSC[C@H](N)C(=O)O. The van der Waals surface area contributed by atoms with Crippen molar-refractivity contribution in [3.63, 3.8) is 0 Å². The van der Waals surface area contributed by atoms with Gasteiger partial charge in [-0.3, -0.25) is 9.59 Å². The fourth-order valence-electron chi connectivity index (χ4n) is 1.54. The number of carboxylic acid groups (broad SMARTS) is 2. The van der Waals surface area contributed by atoms with Gasteiger partial charge in [-0.2, -0.15) is 0 Å². The van der Waals surface area contributed by atoms with Crippen LogP contribution in [-0.4, -0.2) is 63.0 Å². The Kier molecular flexibility index (Phi) is 5.55. The molecule has 0 aliphatic carbocycles. The minimum absolute atomic E-state index is 0.142. The van der Waals surface area contributed by atoms with E-state index in [9.17, 15) is 19.5 Å². The summed E-state index contributed by atoms with van der Waals surface area (Å²) in [6.45, 7) is -0.668. The summed E-state index contributed by atoms with van der Waals surface area (Å²) in [6, 6.07) is -3.33. The molecule has 1 aliphatic heterocycles. The van der Waals surface area contributed by atoms with Crippen LogP contribution in [0.2, 0.25) is 0 Å². The Balaban J connectivity index is 2.66. The number of carbonyl (C=O) groups excluding carboxylic acids is 1. The molecule has 4 N–H and O–H groups in total. The van der Waals surface area contributed by atoms with E-state index in [0.717, 1.165) is 0 Å². The highest BCUT2D eigenvalue weighted by Gasteiger charge is 2.35. The standard InChI is InChI=1S/C12H20N2O5S2/c1-7(5-20-21-6-8(13)11(16)17)10(15)14-4-2-3-9(14)12(18)19/h7-9H,2-6,13H2,1H3,(H,16,17)(H,18,19)/t7-,8+,9+/m1/s1/i4D2,9D. The molecule has 0 saturated carbocycles. The Morgan fingerprint density at radius 1 is 1.43 bits per heavy atom. The lowest BCUT2D eigenvalue weighted by Crippen LogP contribution is -2.43. The van der Waals surface area contributed by atoms with Gasteiger partial charge in [0.25, 0.3) is 0 Å². The molecule has 0 aromatic rings. The van der Waals surface area contributed by atoms with Crippen molar-refractivity contribution < 1.29 is 28.7 Å². The second-order valence-electron chi connectivity index (χ2n) is 4.50. The lowest BCUT2D eigenvalue weighted by molar-refractivity contribution is -0.149. The summed E-state index contributed by atoms with van der Waals surface area (Å²) in [7, 11) is 2.36. The molecule has 0 radical (unpaired) electrons. The maximum atomic E-state index is 12.5. The predicted octanol–water partition coefficient (Wildman–Crippen LogP) is 0.491. The number of hydrogen-bond donors (Lipinski definition) is 3. The molecule has 7 nitrogen and oxygen atoms in total. The molecule has 1 rings (SSSR count). The molecule has 21 heavy (non-hydrogen) atoms. The van der Waals surface area contributed by atoms with Crippen LogP contribution in [0, 0.1) is 5.92 Å². The van der Waals surface area contributed by atoms with Gasteiger partial charge < -0.3 is 20.8 Å². The second kappa shape index (κ2) is 8.50. The molecule has 1 saturated heterocycles. The smallest absolute Gasteiger partial charge is 0.326 e. The number of nitrogens with zero attached hydrogens (tertiary/aromatic N) is 1. The van der Waals surface area contributed by atoms with Gasteiger partial charge in [0.1, 0.15) is 12.1 Å². The molecular weight excluding hydrogens is 316 g/mol. The zero-order chi connectivity index (χ0) is 18.7. The van der Waals surface area contributed by atoms with E-state index in [0.29, 0.717) is 4.90 Å². The van der Waals surface area contributed by atoms with E-state index >= 15 is 0 Å². The van der Waals surface area contributed by atoms with Gasteiger partial charge >= 0.3 is 11.9 Å². The number of hydrogen-bond acceptors (Lipinski definition) is 6. The quantitative estimate of drug-likeness (QED) is 0.431. The van der Waals surface area contributed by atoms with Gasteiger partial charge in [-0.25, -0.2) is 4.79 Å². The number of carbonyl (C=O) groups is 3. The molecule has 0 aromatic carbocycles. The third-order valence-electron chi connectivity index (χ3n) is 2.76. The van der Waals surface area contributed by atoms with Crippen molar-refractivity contribution in [3.05, 3.63) is 0 Å². The number of nitrogens with two attached hydrogens (primary N) is 1. The third kappa shape index (κ3) is 5.40. The highest BCUT2D eigenvalue weighted by molar-refractivity contribution is 8.76. The predicted molar refractivity (Wildman–Crippen MR) is 82.1 cm³/mol.